The molecule has 214 valence electrons. The molecule has 7 heteroatoms. The number of aryl methyl sites for hydroxylation is 1. The third-order valence-corrected chi connectivity index (χ3v) is 8.03. The van der Waals surface area contributed by atoms with E-state index in [1.54, 1.807) is 29.5 Å². The van der Waals surface area contributed by atoms with Gasteiger partial charge in [0.15, 0.2) is 12.2 Å². The monoisotopic (exact) mass is 634 g/mol. The van der Waals surface area contributed by atoms with Gasteiger partial charge in [0.25, 0.3) is 5.91 Å². The van der Waals surface area contributed by atoms with Crippen molar-refractivity contribution < 1.29 is 31.1 Å². The Morgan fingerprint density at radius 3 is 2.23 bits per heavy atom. The van der Waals surface area contributed by atoms with E-state index < -0.39 is 0 Å². The van der Waals surface area contributed by atoms with E-state index in [0.717, 1.165) is 30.6 Å². The number of nitrogens with one attached hydrogen (secondary N) is 1. The number of hydrogen-bond donors (Lipinski definition) is 1. The lowest BCUT2D eigenvalue weighted by molar-refractivity contribution is -0.689. The first-order valence-corrected chi connectivity index (χ1v) is 15.6. The Bertz CT molecular complexity index is 1120. The molecular formula is C32H44BrClN2O2S. The van der Waals surface area contributed by atoms with Crippen LogP contribution in [0.3, 0.4) is 0 Å². The zero-order valence-corrected chi connectivity index (χ0v) is 26.7. The minimum atomic E-state index is -0.173. The fraction of sp³-hybridized carbons (Fsp3) is 0.500. The summed E-state index contributed by atoms with van der Waals surface area (Å²) in [6.45, 7) is 5.76. The average molecular weight is 636 g/mol. The van der Waals surface area contributed by atoms with E-state index in [1.807, 2.05) is 18.2 Å². The van der Waals surface area contributed by atoms with E-state index >= 15 is 0 Å². The molecule has 39 heavy (non-hydrogen) atoms. The second kappa shape index (κ2) is 19.2. The van der Waals surface area contributed by atoms with Crippen LogP contribution in [0.1, 0.15) is 106 Å². The number of benzene rings is 2. The molecule has 1 aromatic heterocycles. The van der Waals surface area contributed by atoms with Crippen LogP contribution in [0.2, 0.25) is 5.02 Å². The van der Waals surface area contributed by atoms with Crippen molar-refractivity contribution in [1.82, 2.24) is 0 Å². The molecule has 0 aliphatic carbocycles. The predicted molar refractivity (Wildman–Crippen MR) is 161 cm³/mol. The molecule has 1 heterocycles. The van der Waals surface area contributed by atoms with Crippen LogP contribution in [0.5, 0.6) is 5.75 Å². The average Bonchev–Trinajstić information content (AvgIpc) is 3.31. The Labute approximate surface area is 254 Å². The fourth-order valence-electron chi connectivity index (χ4n) is 4.54. The van der Waals surface area contributed by atoms with Gasteiger partial charge in [0.05, 0.1) is 17.0 Å². The Kier molecular flexibility index (Phi) is 16.4. The summed E-state index contributed by atoms with van der Waals surface area (Å²) in [5.41, 5.74) is 5.77. The molecule has 1 amide bonds. The van der Waals surface area contributed by atoms with Gasteiger partial charge in [-0.2, -0.15) is 4.57 Å². The summed E-state index contributed by atoms with van der Waals surface area (Å²) >= 11 is 8.04. The number of anilines is 1. The molecule has 0 saturated carbocycles. The van der Waals surface area contributed by atoms with E-state index in [1.165, 1.54) is 69.9 Å². The molecule has 0 fully saturated rings. The van der Waals surface area contributed by atoms with Gasteiger partial charge in [-0.1, -0.05) is 113 Å². The maximum atomic E-state index is 12.9. The molecule has 3 rings (SSSR count). The molecule has 0 aliphatic heterocycles. The molecular weight excluding hydrogens is 592 g/mol. The van der Waals surface area contributed by atoms with E-state index in [-0.39, 0.29) is 22.9 Å². The number of unbranched alkanes of at least 4 members (excludes halogenated alkanes) is 11. The highest BCUT2D eigenvalue weighted by Gasteiger charge is 2.12. The van der Waals surface area contributed by atoms with Gasteiger partial charge >= 0.3 is 0 Å². The molecule has 1 N–H and O–H groups in total. The summed E-state index contributed by atoms with van der Waals surface area (Å²) in [6, 6.07) is 13.2. The van der Waals surface area contributed by atoms with Gasteiger partial charge in [0.1, 0.15) is 5.75 Å². The largest absolute Gasteiger partial charge is 1.00 e. The van der Waals surface area contributed by atoms with Crippen LogP contribution in [0.15, 0.2) is 53.4 Å². The maximum absolute atomic E-state index is 12.9. The molecule has 3 aromatic rings. The van der Waals surface area contributed by atoms with Crippen LogP contribution in [0, 0.1) is 6.92 Å². The van der Waals surface area contributed by atoms with E-state index in [9.17, 15) is 4.79 Å². The summed E-state index contributed by atoms with van der Waals surface area (Å²) < 4.78 is 8.14. The van der Waals surface area contributed by atoms with Crippen molar-refractivity contribution in [3.8, 4) is 5.75 Å². The quantitative estimate of drug-likeness (QED) is 0.130. The summed E-state index contributed by atoms with van der Waals surface area (Å²) in [5.74, 6) is 0.397. The predicted octanol–water partition coefficient (Wildman–Crippen LogP) is 6.38. The van der Waals surface area contributed by atoms with Crippen LogP contribution in [-0.2, 0) is 6.54 Å². The lowest BCUT2D eigenvalue weighted by Crippen LogP contribution is -3.00. The molecule has 0 aliphatic rings. The van der Waals surface area contributed by atoms with Crippen LogP contribution in [-0.4, -0.2) is 12.5 Å². The molecule has 0 saturated heterocycles. The smallest absolute Gasteiger partial charge is 0.255 e. The number of nitrogens with zero attached hydrogens (tertiary/aromatic N) is 1. The Morgan fingerprint density at radius 2 is 1.59 bits per heavy atom. The number of carbonyl (C=O) groups excluding carboxylic acids is 1. The number of ether oxygens (including phenoxy) is 1. The number of aromatic nitrogens is 1. The standard InChI is InChI=1S/C32H43ClN2O2S.BrH/c1-3-4-5-6-7-8-9-10-11-12-13-14-20-37-31-22-28(18-19-30(31)33)32(36)34-29-17-15-16-27(21-29)23-35-25-38-24-26(35)2;/h15-19,21-22,24-25H,3-14,20,23H2,1-2H3;1H. The lowest BCUT2D eigenvalue weighted by atomic mass is 10.1. The second-order valence-electron chi connectivity index (χ2n) is 10.2. The minimum absolute atomic E-state index is 0. The Morgan fingerprint density at radius 1 is 0.923 bits per heavy atom. The number of carbonyl (C=O) groups is 1. The van der Waals surface area contributed by atoms with Crippen molar-refractivity contribution in [2.45, 2.75) is 97.4 Å². The van der Waals surface area contributed by atoms with Gasteiger partial charge in [-0.3, -0.25) is 4.79 Å². The molecule has 0 bridgehead atoms. The van der Waals surface area contributed by atoms with Crippen molar-refractivity contribution >= 4 is 34.5 Å². The number of halogens is 2. The first kappa shape index (κ1) is 33.3. The first-order chi connectivity index (χ1) is 18.6. The maximum Gasteiger partial charge on any atom is 0.255 e. The number of amides is 1. The lowest BCUT2D eigenvalue weighted by Gasteiger charge is -2.11. The summed E-state index contributed by atoms with van der Waals surface area (Å²) in [6.07, 6.45) is 15.7. The van der Waals surface area contributed by atoms with Crippen LogP contribution < -0.4 is 31.6 Å². The van der Waals surface area contributed by atoms with Crippen molar-refractivity contribution in [3.63, 3.8) is 0 Å². The summed E-state index contributed by atoms with van der Waals surface area (Å²) in [7, 11) is 0. The van der Waals surface area contributed by atoms with E-state index in [2.05, 4.69) is 40.7 Å². The highest BCUT2D eigenvalue weighted by molar-refractivity contribution is 7.07. The highest BCUT2D eigenvalue weighted by atomic mass is 79.9. The first-order valence-electron chi connectivity index (χ1n) is 14.3. The zero-order chi connectivity index (χ0) is 27.0. The Balaban J connectivity index is 0.00000533. The molecule has 2 aromatic carbocycles. The zero-order valence-electron chi connectivity index (χ0n) is 23.5. The highest BCUT2D eigenvalue weighted by Crippen LogP contribution is 2.26. The van der Waals surface area contributed by atoms with Crippen LogP contribution >= 0.6 is 22.9 Å². The van der Waals surface area contributed by atoms with Gasteiger partial charge < -0.3 is 27.0 Å². The van der Waals surface area contributed by atoms with Gasteiger partial charge in [-0.25, -0.2) is 0 Å². The molecule has 0 radical (unpaired) electrons. The number of rotatable bonds is 18. The molecule has 0 unspecified atom stereocenters. The third kappa shape index (κ3) is 12.4. The van der Waals surface area contributed by atoms with Crippen LogP contribution in [0.25, 0.3) is 0 Å². The van der Waals surface area contributed by atoms with Crippen molar-refractivity contribution in [3.05, 3.63) is 75.2 Å². The van der Waals surface area contributed by atoms with Gasteiger partial charge in [0, 0.05) is 23.7 Å². The fourth-order valence-corrected chi connectivity index (χ4v) is 5.50. The van der Waals surface area contributed by atoms with E-state index in [4.69, 9.17) is 16.3 Å². The minimum Gasteiger partial charge on any atom is -1.00 e. The van der Waals surface area contributed by atoms with Gasteiger partial charge in [-0.05, 0) is 36.8 Å². The Hall–Kier alpha value is -1.89. The topological polar surface area (TPSA) is 42.2 Å². The molecule has 4 nitrogen and oxygen atoms in total. The number of hydrogen-bond acceptors (Lipinski definition) is 3. The van der Waals surface area contributed by atoms with Crippen molar-refractivity contribution in [2.24, 2.45) is 0 Å². The second-order valence-corrected chi connectivity index (χ2v) is 11.3. The molecule has 0 atom stereocenters. The van der Waals surface area contributed by atoms with Gasteiger partial charge in [-0.15, -0.1) is 0 Å². The number of thiazole rings is 1. The summed E-state index contributed by atoms with van der Waals surface area (Å²) in [4.78, 5) is 12.9. The SMILES string of the molecule is CCCCCCCCCCCCCCOc1cc(C(=O)Nc2cccc(C[n+]3cscc3C)c2)ccc1Cl.[Br-]. The van der Waals surface area contributed by atoms with E-state index in [0.29, 0.717) is 22.9 Å². The third-order valence-electron chi connectivity index (χ3n) is 6.87. The van der Waals surface area contributed by atoms with Crippen molar-refractivity contribution in [2.75, 3.05) is 11.9 Å². The van der Waals surface area contributed by atoms with Crippen LogP contribution in [0.4, 0.5) is 5.69 Å². The summed E-state index contributed by atoms with van der Waals surface area (Å²) in [5, 5.41) is 5.67. The molecule has 0 spiro atoms. The van der Waals surface area contributed by atoms with Gasteiger partial charge in [0.2, 0.25) is 5.51 Å². The van der Waals surface area contributed by atoms with Crippen molar-refractivity contribution in [1.29, 1.82) is 0 Å². The normalized spacial score (nSPS) is 10.7.